The molecule has 0 radical (unpaired) electrons. The van der Waals surface area contributed by atoms with Gasteiger partial charge in [0.2, 0.25) is 11.8 Å². The summed E-state index contributed by atoms with van der Waals surface area (Å²) in [6.45, 7) is 5.38. The van der Waals surface area contributed by atoms with Crippen molar-refractivity contribution in [1.82, 2.24) is 0 Å². The van der Waals surface area contributed by atoms with Crippen LogP contribution in [0, 0.1) is 13.8 Å². The van der Waals surface area contributed by atoms with Crippen molar-refractivity contribution in [1.29, 1.82) is 0 Å². The first kappa shape index (κ1) is 17.5. The van der Waals surface area contributed by atoms with Crippen molar-refractivity contribution in [3.63, 3.8) is 0 Å². The van der Waals surface area contributed by atoms with Gasteiger partial charge in [0.1, 0.15) is 12.3 Å². The van der Waals surface area contributed by atoms with Crippen LogP contribution in [0.5, 0.6) is 5.75 Å². The molecule has 0 heterocycles. The second kappa shape index (κ2) is 7.64. The molecule has 0 aliphatic heterocycles. The first-order chi connectivity index (χ1) is 11.4. The van der Waals surface area contributed by atoms with E-state index in [0.717, 1.165) is 16.8 Å². The van der Waals surface area contributed by atoms with Gasteiger partial charge < -0.3 is 15.0 Å². The molecule has 0 saturated carbocycles. The molecule has 1 N–H and O–H groups in total. The molecule has 0 unspecified atom stereocenters. The first-order valence-corrected chi connectivity index (χ1v) is 7.70. The van der Waals surface area contributed by atoms with Crippen molar-refractivity contribution in [2.24, 2.45) is 0 Å². The van der Waals surface area contributed by atoms with Crippen LogP contribution in [-0.4, -0.2) is 25.5 Å². The molecule has 2 rings (SSSR count). The van der Waals surface area contributed by atoms with Gasteiger partial charge in [-0.05, 0) is 49.2 Å². The lowest BCUT2D eigenvalue weighted by Gasteiger charge is -2.21. The highest BCUT2D eigenvalue weighted by molar-refractivity contribution is 6.01. The fourth-order valence-electron chi connectivity index (χ4n) is 2.33. The number of carbonyl (C=O) groups excluding carboxylic acids is 2. The van der Waals surface area contributed by atoms with Crippen LogP contribution in [0.1, 0.15) is 18.1 Å². The smallest absolute Gasteiger partial charge is 0.244 e. The van der Waals surface area contributed by atoms with Gasteiger partial charge in [-0.3, -0.25) is 9.59 Å². The van der Waals surface area contributed by atoms with Crippen LogP contribution in [0.15, 0.2) is 42.5 Å². The van der Waals surface area contributed by atoms with E-state index in [4.69, 9.17) is 4.74 Å². The highest BCUT2D eigenvalue weighted by atomic mass is 16.5. The molecule has 0 saturated heterocycles. The summed E-state index contributed by atoms with van der Waals surface area (Å²) in [6, 6.07) is 12.8. The predicted molar refractivity (Wildman–Crippen MR) is 95.6 cm³/mol. The van der Waals surface area contributed by atoms with Crippen molar-refractivity contribution in [3.8, 4) is 5.75 Å². The lowest BCUT2D eigenvalue weighted by atomic mass is 10.1. The number of aryl methyl sites for hydroxylation is 2. The van der Waals surface area contributed by atoms with Crippen LogP contribution >= 0.6 is 0 Å². The standard InChI is InChI=1S/C19H22N2O3/c1-13-8-9-16(10-14(13)2)20-19(23)12-21(15(3)22)17-6-5-7-18(11-17)24-4/h5-11H,12H2,1-4H3,(H,20,23). The van der Waals surface area contributed by atoms with Gasteiger partial charge in [0.05, 0.1) is 7.11 Å². The maximum absolute atomic E-state index is 12.3. The zero-order valence-corrected chi connectivity index (χ0v) is 14.4. The monoisotopic (exact) mass is 326 g/mol. The van der Waals surface area contributed by atoms with Crippen molar-refractivity contribution in [2.75, 3.05) is 23.9 Å². The second-order valence-corrected chi connectivity index (χ2v) is 5.65. The molecule has 0 fully saturated rings. The minimum atomic E-state index is -0.253. The Morgan fingerprint density at radius 2 is 1.83 bits per heavy atom. The van der Waals surface area contributed by atoms with Crippen LogP contribution in [-0.2, 0) is 9.59 Å². The third-order valence-electron chi connectivity index (χ3n) is 3.84. The fourth-order valence-corrected chi connectivity index (χ4v) is 2.33. The lowest BCUT2D eigenvalue weighted by Crippen LogP contribution is -2.36. The Bertz CT molecular complexity index is 756. The number of ether oxygens (including phenoxy) is 1. The molecular formula is C19H22N2O3. The molecule has 0 aromatic heterocycles. The average Bonchev–Trinajstić information content (AvgIpc) is 2.56. The third kappa shape index (κ3) is 4.35. The summed E-state index contributed by atoms with van der Waals surface area (Å²) in [4.78, 5) is 25.7. The highest BCUT2D eigenvalue weighted by Crippen LogP contribution is 2.21. The van der Waals surface area contributed by atoms with Crippen molar-refractivity contribution >= 4 is 23.2 Å². The molecule has 5 nitrogen and oxygen atoms in total. The maximum atomic E-state index is 12.3. The molecule has 2 aromatic rings. The van der Waals surface area contributed by atoms with Crippen molar-refractivity contribution in [3.05, 3.63) is 53.6 Å². The Balaban J connectivity index is 2.13. The largest absolute Gasteiger partial charge is 0.497 e. The Hall–Kier alpha value is -2.82. The van der Waals surface area contributed by atoms with E-state index in [1.165, 1.54) is 11.8 Å². The van der Waals surface area contributed by atoms with Gasteiger partial charge in [-0.1, -0.05) is 12.1 Å². The van der Waals surface area contributed by atoms with E-state index >= 15 is 0 Å². The molecule has 5 heteroatoms. The molecule has 0 aliphatic rings. The van der Waals surface area contributed by atoms with E-state index in [9.17, 15) is 9.59 Å². The number of anilines is 2. The number of hydrogen-bond donors (Lipinski definition) is 1. The van der Waals surface area contributed by atoms with Gasteiger partial charge >= 0.3 is 0 Å². The Morgan fingerprint density at radius 1 is 1.08 bits per heavy atom. The normalized spacial score (nSPS) is 10.2. The molecule has 126 valence electrons. The van der Waals surface area contributed by atoms with Gasteiger partial charge in [-0.15, -0.1) is 0 Å². The number of hydrogen-bond acceptors (Lipinski definition) is 3. The third-order valence-corrected chi connectivity index (χ3v) is 3.84. The van der Waals surface area contributed by atoms with Crippen LogP contribution in [0.3, 0.4) is 0 Å². The van der Waals surface area contributed by atoms with E-state index in [1.807, 2.05) is 32.0 Å². The number of nitrogens with one attached hydrogen (secondary N) is 1. The van der Waals surface area contributed by atoms with Crippen LogP contribution in [0.2, 0.25) is 0 Å². The maximum Gasteiger partial charge on any atom is 0.244 e. The molecule has 0 atom stereocenters. The quantitative estimate of drug-likeness (QED) is 0.917. The van der Waals surface area contributed by atoms with Crippen molar-refractivity contribution < 1.29 is 14.3 Å². The topological polar surface area (TPSA) is 58.6 Å². The summed E-state index contributed by atoms with van der Waals surface area (Å²) in [6.07, 6.45) is 0. The summed E-state index contributed by atoms with van der Waals surface area (Å²) in [7, 11) is 1.56. The van der Waals surface area contributed by atoms with Gasteiger partial charge in [-0.25, -0.2) is 0 Å². The molecular weight excluding hydrogens is 304 g/mol. The number of methoxy groups -OCH3 is 1. The summed E-state index contributed by atoms with van der Waals surface area (Å²) >= 11 is 0. The number of carbonyl (C=O) groups is 2. The van der Waals surface area contributed by atoms with Crippen LogP contribution < -0.4 is 15.0 Å². The second-order valence-electron chi connectivity index (χ2n) is 5.65. The van der Waals surface area contributed by atoms with Gasteiger partial charge in [0.15, 0.2) is 0 Å². The van der Waals surface area contributed by atoms with E-state index in [2.05, 4.69) is 5.32 Å². The van der Waals surface area contributed by atoms with E-state index in [-0.39, 0.29) is 18.4 Å². The number of nitrogens with zero attached hydrogens (tertiary/aromatic N) is 1. The van der Waals surface area contributed by atoms with Gasteiger partial charge in [0, 0.05) is 24.4 Å². The zero-order chi connectivity index (χ0) is 17.7. The summed E-state index contributed by atoms with van der Waals surface area (Å²) in [5, 5.41) is 2.83. The number of benzene rings is 2. The summed E-state index contributed by atoms with van der Waals surface area (Å²) < 4.78 is 5.17. The summed E-state index contributed by atoms with van der Waals surface area (Å²) in [5.74, 6) is 0.170. The van der Waals surface area contributed by atoms with Gasteiger partial charge in [0.25, 0.3) is 0 Å². The summed E-state index contributed by atoms with van der Waals surface area (Å²) in [5.41, 5.74) is 3.60. The molecule has 0 aliphatic carbocycles. The SMILES string of the molecule is COc1cccc(N(CC(=O)Nc2ccc(C)c(C)c2)C(C)=O)c1. The van der Waals surface area contributed by atoms with Crippen LogP contribution in [0.25, 0.3) is 0 Å². The minimum Gasteiger partial charge on any atom is -0.497 e. The first-order valence-electron chi connectivity index (χ1n) is 7.70. The average molecular weight is 326 g/mol. The molecule has 0 spiro atoms. The minimum absolute atomic E-state index is 0.0601. The van der Waals surface area contributed by atoms with E-state index in [1.54, 1.807) is 31.4 Å². The number of amides is 2. The van der Waals surface area contributed by atoms with Gasteiger partial charge in [-0.2, -0.15) is 0 Å². The molecule has 0 bridgehead atoms. The molecule has 2 amide bonds. The predicted octanol–water partition coefficient (Wildman–Crippen LogP) is 3.30. The fraction of sp³-hybridized carbons (Fsp3) is 0.263. The molecule has 2 aromatic carbocycles. The van der Waals surface area contributed by atoms with E-state index < -0.39 is 0 Å². The van der Waals surface area contributed by atoms with Crippen molar-refractivity contribution in [2.45, 2.75) is 20.8 Å². The molecule has 24 heavy (non-hydrogen) atoms. The Labute approximate surface area is 142 Å². The lowest BCUT2D eigenvalue weighted by molar-refractivity contribution is -0.120. The zero-order valence-electron chi connectivity index (χ0n) is 14.4. The Morgan fingerprint density at radius 3 is 2.46 bits per heavy atom. The Kier molecular flexibility index (Phi) is 5.58. The van der Waals surface area contributed by atoms with E-state index in [0.29, 0.717) is 11.4 Å². The number of rotatable bonds is 5. The highest BCUT2D eigenvalue weighted by Gasteiger charge is 2.16. The van der Waals surface area contributed by atoms with Crippen LogP contribution in [0.4, 0.5) is 11.4 Å².